The van der Waals surface area contributed by atoms with E-state index in [1.165, 1.54) is 4.90 Å². The average molecular weight is 215 g/mol. The molecule has 0 radical (unpaired) electrons. The molecule has 0 saturated heterocycles. The van der Waals surface area contributed by atoms with E-state index in [4.69, 9.17) is 7.48 Å². The van der Waals surface area contributed by atoms with Gasteiger partial charge in [-0.2, -0.15) is 0 Å². The molecule has 1 aliphatic heterocycles. The van der Waals surface area contributed by atoms with Crippen molar-refractivity contribution < 1.29 is 17.4 Å². The third-order valence-corrected chi connectivity index (χ3v) is 1.98. The Morgan fingerprint density at radius 1 is 1.67 bits per heavy atom. The van der Waals surface area contributed by atoms with Crippen molar-refractivity contribution in [1.29, 1.82) is 0 Å². The number of rotatable bonds is 1. The molecule has 0 saturated carbocycles. The van der Waals surface area contributed by atoms with E-state index < -0.39 is 24.3 Å². The second-order valence-corrected chi connectivity index (χ2v) is 4.48. The summed E-state index contributed by atoms with van der Waals surface area (Å²) < 4.78 is 19.8. The van der Waals surface area contributed by atoms with Gasteiger partial charge in [0.1, 0.15) is 5.60 Å². The van der Waals surface area contributed by atoms with Crippen molar-refractivity contribution in [1.82, 2.24) is 4.90 Å². The first-order chi connectivity index (χ1) is 7.61. The standard InChI is InChI=1S/C11H19NO3/c1-11(2,3)15-10(14)12-7-5-4-6-9(12)8-13/h4-5,9,13H,6-8H2,1-3H3/i8D2. The van der Waals surface area contributed by atoms with E-state index in [1.807, 2.05) is 0 Å². The smallest absolute Gasteiger partial charge is 0.410 e. The molecule has 1 unspecified atom stereocenters. The summed E-state index contributed by atoms with van der Waals surface area (Å²) in [5, 5.41) is 9.41. The molecule has 4 nitrogen and oxygen atoms in total. The van der Waals surface area contributed by atoms with Crippen molar-refractivity contribution >= 4 is 6.09 Å². The van der Waals surface area contributed by atoms with Crippen molar-refractivity contribution in [3.05, 3.63) is 12.2 Å². The minimum atomic E-state index is -2.43. The number of ether oxygens (including phenoxy) is 1. The molecule has 0 aromatic heterocycles. The van der Waals surface area contributed by atoms with Gasteiger partial charge in [-0.05, 0) is 27.2 Å². The number of carbonyl (C=O) groups excluding carboxylic acids is 1. The van der Waals surface area contributed by atoms with E-state index in [1.54, 1.807) is 32.9 Å². The summed E-state index contributed by atoms with van der Waals surface area (Å²) in [5.41, 5.74) is -0.634. The summed E-state index contributed by atoms with van der Waals surface area (Å²) in [7, 11) is 0. The molecule has 0 spiro atoms. The van der Waals surface area contributed by atoms with E-state index >= 15 is 0 Å². The van der Waals surface area contributed by atoms with Crippen LogP contribution in [-0.4, -0.2) is 40.8 Å². The molecule has 1 heterocycles. The summed E-state index contributed by atoms with van der Waals surface area (Å²) in [6.07, 6.45) is 3.18. The van der Waals surface area contributed by atoms with Crippen molar-refractivity contribution in [2.45, 2.75) is 38.8 Å². The van der Waals surface area contributed by atoms with Crippen LogP contribution in [0.15, 0.2) is 12.2 Å². The summed E-state index contributed by atoms with van der Waals surface area (Å²) in [4.78, 5) is 13.1. The Morgan fingerprint density at radius 3 is 2.87 bits per heavy atom. The molecule has 1 amide bonds. The maximum Gasteiger partial charge on any atom is 0.410 e. The molecule has 1 aliphatic rings. The average Bonchev–Trinajstić information content (AvgIpc) is 2.13. The van der Waals surface area contributed by atoms with Gasteiger partial charge in [-0.15, -0.1) is 0 Å². The summed E-state index contributed by atoms with van der Waals surface area (Å²) in [5.74, 6) is 0. The van der Waals surface area contributed by atoms with Crippen LogP contribution in [0, 0.1) is 0 Å². The Bertz CT molecular complexity index is 318. The molecular weight excluding hydrogens is 194 g/mol. The van der Waals surface area contributed by atoms with Crippen molar-refractivity contribution in [3.8, 4) is 0 Å². The van der Waals surface area contributed by atoms with Gasteiger partial charge in [0.05, 0.1) is 15.3 Å². The molecule has 0 fully saturated rings. The fourth-order valence-electron chi connectivity index (χ4n) is 1.31. The van der Waals surface area contributed by atoms with Crippen LogP contribution in [0.3, 0.4) is 0 Å². The Labute approximate surface area is 93.3 Å². The third-order valence-electron chi connectivity index (χ3n) is 1.98. The number of hydrogen-bond acceptors (Lipinski definition) is 3. The van der Waals surface area contributed by atoms with Crippen LogP contribution in [0.4, 0.5) is 4.79 Å². The minimum Gasteiger partial charge on any atom is -0.444 e. The van der Waals surface area contributed by atoms with Crippen LogP contribution in [0.25, 0.3) is 0 Å². The summed E-state index contributed by atoms with van der Waals surface area (Å²) in [6, 6.07) is -0.901. The topological polar surface area (TPSA) is 49.8 Å². The van der Waals surface area contributed by atoms with E-state index in [2.05, 4.69) is 0 Å². The molecule has 0 aromatic rings. The Balaban J connectivity index is 2.80. The van der Waals surface area contributed by atoms with Crippen molar-refractivity contribution in [2.24, 2.45) is 0 Å². The second-order valence-electron chi connectivity index (χ2n) is 4.48. The molecule has 4 heteroatoms. The minimum absolute atomic E-state index is 0.250. The second kappa shape index (κ2) is 4.66. The molecule has 0 bridgehead atoms. The van der Waals surface area contributed by atoms with Gasteiger partial charge in [0.25, 0.3) is 0 Å². The van der Waals surface area contributed by atoms with Crippen LogP contribution in [0.1, 0.15) is 29.9 Å². The zero-order valence-corrected chi connectivity index (χ0v) is 9.36. The number of carbonyl (C=O) groups is 1. The summed E-state index contributed by atoms with van der Waals surface area (Å²) in [6.45, 7) is 3.05. The zero-order chi connectivity index (χ0) is 13.3. The first-order valence-electron chi connectivity index (χ1n) is 5.98. The highest BCUT2D eigenvalue weighted by Crippen LogP contribution is 2.16. The molecule has 86 valence electrons. The van der Waals surface area contributed by atoms with E-state index in [9.17, 15) is 9.90 Å². The van der Waals surface area contributed by atoms with E-state index in [-0.39, 0.29) is 13.0 Å². The van der Waals surface area contributed by atoms with Gasteiger partial charge >= 0.3 is 6.09 Å². The van der Waals surface area contributed by atoms with Crippen molar-refractivity contribution in [3.63, 3.8) is 0 Å². The van der Waals surface area contributed by atoms with Crippen molar-refractivity contribution in [2.75, 3.05) is 13.1 Å². The number of nitrogens with zero attached hydrogens (tertiary/aromatic N) is 1. The van der Waals surface area contributed by atoms with Gasteiger partial charge in [-0.3, -0.25) is 4.90 Å². The van der Waals surface area contributed by atoms with Crippen LogP contribution in [-0.2, 0) is 4.74 Å². The van der Waals surface area contributed by atoms with Gasteiger partial charge in [0.15, 0.2) is 0 Å². The van der Waals surface area contributed by atoms with Gasteiger partial charge in [0, 0.05) is 6.54 Å². The maximum atomic E-state index is 11.9. The van der Waals surface area contributed by atoms with Gasteiger partial charge < -0.3 is 9.84 Å². The zero-order valence-electron chi connectivity index (χ0n) is 11.4. The maximum absolute atomic E-state index is 11.9. The normalized spacial score (nSPS) is 24.5. The SMILES string of the molecule is [2H]C([2H])(O)C1CC=CCN1C(=O)OC(C)(C)C. The first kappa shape index (κ1) is 9.21. The van der Waals surface area contributed by atoms with Gasteiger partial charge in [-0.1, -0.05) is 12.2 Å². The van der Waals surface area contributed by atoms with E-state index in [0.29, 0.717) is 0 Å². The highest BCUT2D eigenvalue weighted by atomic mass is 16.6. The van der Waals surface area contributed by atoms with Crippen LogP contribution in [0.2, 0.25) is 0 Å². The predicted molar refractivity (Wildman–Crippen MR) is 57.6 cm³/mol. The fraction of sp³-hybridized carbons (Fsp3) is 0.727. The lowest BCUT2D eigenvalue weighted by Crippen LogP contribution is -2.46. The van der Waals surface area contributed by atoms with Crippen LogP contribution < -0.4 is 0 Å². The molecule has 0 aliphatic carbocycles. The number of amides is 1. The lowest BCUT2D eigenvalue weighted by atomic mass is 10.1. The van der Waals surface area contributed by atoms with Crippen LogP contribution in [0.5, 0.6) is 0 Å². The molecule has 1 N–H and O–H groups in total. The van der Waals surface area contributed by atoms with Crippen LogP contribution >= 0.6 is 0 Å². The highest BCUT2D eigenvalue weighted by Gasteiger charge is 2.27. The van der Waals surface area contributed by atoms with Gasteiger partial charge in [-0.25, -0.2) is 4.79 Å². The third kappa shape index (κ3) is 3.55. The monoisotopic (exact) mass is 215 g/mol. The molecule has 15 heavy (non-hydrogen) atoms. The Kier molecular flexibility index (Phi) is 2.86. The molecular formula is C11H19NO3. The molecule has 0 aromatic carbocycles. The first-order valence-corrected chi connectivity index (χ1v) is 4.98. The predicted octanol–water partition coefficient (Wildman–Crippen LogP) is 1.54. The lowest BCUT2D eigenvalue weighted by Gasteiger charge is -2.33. The lowest BCUT2D eigenvalue weighted by molar-refractivity contribution is 0.0114. The number of aliphatic hydroxyl groups is 1. The summed E-state index contributed by atoms with van der Waals surface area (Å²) >= 11 is 0. The quantitative estimate of drug-likeness (QED) is 0.675. The molecule has 1 rings (SSSR count). The van der Waals surface area contributed by atoms with Gasteiger partial charge in [0.2, 0.25) is 0 Å². The fourth-order valence-corrected chi connectivity index (χ4v) is 1.31. The Hall–Kier alpha value is -1.03. The largest absolute Gasteiger partial charge is 0.444 e. The highest BCUT2D eigenvalue weighted by molar-refractivity contribution is 5.69. The Morgan fingerprint density at radius 2 is 2.33 bits per heavy atom. The molecule has 1 atom stereocenters. The number of hydrogen-bond donors (Lipinski definition) is 1. The van der Waals surface area contributed by atoms with E-state index in [0.717, 1.165) is 0 Å².